The molecule has 0 bridgehead atoms. The van der Waals surface area contributed by atoms with Crippen LogP contribution in [0, 0.1) is 5.92 Å². The number of hydrogen-bond acceptors (Lipinski definition) is 5. The quantitative estimate of drug-likeness (QED) is 0.578. The maximum absolute atomic E-state index is 14.1. The Bertz CT molecular complexity index is 1190. The van der Waals surface area contributed by atoms with E-state index in [1.165, 1.54) is 37.4 Å². The number of phenols is 1. The van der Waals surface area contributed by atoms with Crippen LogP contribution in [0.4, 0.5) is 13.2 Å². The number of likely N-dealkylation sites (tertiary alicyclic amines) is 1. The summed E-state index contributed by atoms with van der Waals surface area (Å²) in [5, 5.41) is 10.4. The molecule has 3 aromatic rings. The van der Waals surface area contributed by atoms with E-state index in [1.807, 2.05) is 0 Å². The molecule has 8 heteroatoms. The molecule has 1 saturated heterocycles. The zero-order valence-corrected chi connectivity index (χ0v) is 17.8. The van der Waals surface area contributed by atoms with Gasteiger partial charge in [-0.15, -0.1) is 0 Å². The summed E-state index contributed by atoms with van der Waals surface area (Å²) in [6, 6.07) is 8.65. The average Bonchev–Trinajstić information content (AvgIpc) is 2.76. The van der Waals surface area contributed by atoms with Crippen LogP contribution in [0.15, 0.2) is 45.6 Å². The van der Waals surface area contributed by atoms with Crippen molar-refractivity contribution in [3.8, 4) is 22.6 Å². The molecule has 0 aliphatic carbocycles. The Morgan fingerprint density at radius 2 is 1.84 bits per heavy atom. The molecule has 0 atom stereocenters. The highest BCUT2D eigenvalue weighted by Gasteiger charge is 2.40. The van der Waals surface area contributed by atoms with Crippen molar-refractivity contribution in [3.63, 3.8) is 0 Å². The number of fused-ring (bicyclic) bond motifs is 1. The first-order chi connectivity index (χ1) is 15.2. The molecule has 0 amide bonds. The Morgan fingerprint density at radius 1 is 1.16 bits per heavy atom. The predicted molar refractivity (Wildman–Crippen MR) is 115 cm³/mol. The van der Waals surface area contributed by atoms with E-state index >= 15 is 0 Å². The van der Waals surface area contributed by atoms with Crippen LogP contribution in [0.3, 0.4) is 0 Å². The maximum atomic E-state index is 14.1. The van der Waals surface area contributed by atoms with Gasteiger partial charge in [-0.2, -0.15) is 13.2 Å². The Kier molecular flexibility index (Phi) is 5.90. The van der Waals surface area contributed by atoms with Gasteiger partial charge in [-0.05, 0) is 50.0 Å². The smallest absolute Gasteiger partial charge is 0.450 e. The number of nitrogens with zero attached hydrogens (tertiary/aromatic N) is 1. The Hall–Kier alpha value is -3.00. The number of methoxy groups -OCH3 is 1. The summed E-state index contributed by atoms with van der Waals surface area (Å²) < 4.78 is 52.8. The van der Waals surface area contributed by atoms with Crippen LogP contribution in [0.25, 0.3) is 22.1 Å². The molecule has 0 unspecified atom stereocenters. The van der Waals surface area contributed by atoms with E-state index < -0.39 is 22.9 Å². The van der Waals surface area contributed by atoms with Gasteiger partial charge in [-0.3, -0.25) is 9.69 Å². The van der Waals surface area contributed by atoms with E-state index in [0.717, 1.165) is 25.9 Å². The first-order valence-corrected chi connectivity index (χ1v) is 10.4. The summed E-state index contributed by atoms with van der Waals surface area (Å²) >= 11 is 0. The summed E-state index contributed by atoms with van der Waals surface area (Å²) in [4.78, 5) is 15.4. The van der Waals surface area contributed by atoms with E-state index in [-0.39, 0.29) is 40.1 Å². The molecule has 4 rings (SSSR count). The van der Waals surface area contributed by atoms with Crippen molar-refractivity contribution in [1.82, 2.24) is 4.90 Å². The number of piperidine rings is 1. The van der Waals surface area contributed by atoms with Crippen LogP contribution in [-0.4, -0.2) is 30.2 Å². The van der Waals surface area contributed by atoms with Gasteiger partial charge in [0.15, 0.2) is 0 Å². The molecule has 5 nitrogen and oxygen atoms in total. The first-order valence-electron chi connectivity index (χ1n) is 10.4. The van der Waals surface area contributed by atoms with E-state index in [4.69, 9.17) is 9.15 Å². The minimum absolute atomic E-state index is 0.00221. The molecule has 0 saturated carbocycles. The minimum Gasteiger partial charge on any atom is -0.507 e. The van der Waals surface area contributed by atoms with Crippen molar-refractivity contribution < 1.29 is 27.4 Å². The number of halogens is 3. The largest absolute Gasteiger partial charge is 0.507 e. The van der Waals surface area contributed by atoms with Gasteiger partial charge in [-0.25, -0.2) is 0 Å². The number of hydrogen-bond donors (Lipinski definition) is 1. The SMILES string of the molecule is COc1ccccc1-c1c(C(F)(F)F)oc2c(CN3CCC(C)CC3)c(O)ccc2c1=O. The highest BCUT2D eigenvalue weighted by Crippen LogP contribution is 2.41. The van der Waals surface area contributed by atoms with Gasteiger partial charge >= 0.3 is 6.18 Å². The minimum atomic E-state index is -4.92. The molecule has 1 aromatic heterocycles. The van der Waals surface area contributed by atoms with Crippen molar-refractivity contribution in [2.24, 2.45) is 5.92 Å². The summed E-state index contributed by atoms with van der Waals surface area (Å²) in [6.07, 6.45) is -3.00. The lowest BCUT2D eigenvalue weighted by Crippen LogP contribution is -2.32. The van der Waals surface area contributed by atoms with Gasteiger partial charge in [0.1, 0.15) is 17.1 Å². The molecule has 0 radical (unpaired) electrons. The summed E-state index contributed by atoms with van der Waals surface area (Å²) in [5.41, 5.74) is -1.48. The fourth-order valence-corrected chi connectivity index (χ4v) is 4.20. The topological polar surface area (TPSA) is 62.9 Å². The zero-order chi connectivity index (χ0) is 23.0. The Labute approximate surface area is 183 Å². The van der Waals surface area contributed by atoms with Gasteiger partial charge < -0.3 is 14.3 Å². The van der Waals surface area contributed by atoms with Crippen LogP contribution >= 0.6 is 0 Å². The molecule has 170 valence electrons. The molecule has 1 aliphatic heterocycles. The van der Waals surface area contributed by atoms with Crippen LogP contribution in [0.5, 0.6) is 11.5 Å². The van der Waals surface area contributed by atoms with E-state index in [1.54, 1.807) is 6.07 Å². The lowest BCUT2D eigenvalue weighted by Gasteiger charge is -2.30. The van der Waals surface area contributed by atoms with Crippen molar-refractivity contribution >= 4 is 11.0 Å². The molecular weight excluding hydrogens is 423 g/mol. The third-order valence-corrected chi connectivity index (χ3v) is 6.03. The molecule has 2 aromatic carbocycles. The average molecular weight is 447 g/mol. The fourth-order valence-electron chi connectivity index (χ4n) is 4.20. The number of rotatable bonds is 4. The van der Waals surface area contributed by atoms with Crippen molar-refractivity contribution in [1.29, 1.82) is 0 Å². The number of para-hydroxylation sites is 1. The molecule has 1 aliphatic rings. The van der Waals surface area contributed by atoms with Crippen LogP contribution in [0.2, 0.25) is 0 Å². The van der Waals surface area contributed by atoms with Gasteiger partial charge in [0.2, 0.25) is 11.2 Å². The van der Waals surface area contributed by atoms with Gasteiger partial charge in [0, 0.05) is 12.1 Å². The molecule has 2 heterocycles. The van der Waals surface area contributed by atoms with Crippen LogP contribution < -0.4 is 10.2 Å². The summed E-state index contributed by atoms with van der Waals surface area (Å²) in [5.74, 6) is -0.896. The van der Waals surface area contributed by atoms with Crippen LogP contribution in [0.1, 0.15) is 31.1 Å². The fraction of sp³-hybridized carbons (Fsp3) is 0.375. The number of phenolic OH excluding ortho intramolecular Hbond substituents is 1. The van der Waals surface area contributed by atoms with Crippen LogP contribution in [-0.2, 0) is 12.7 Å². The number of ether oxygens (including phenoxy) is 1. The van der Waals surface area contributed by atoms with Crippen molar-refractivity contribution in [2.75, 3.05) is 20.2 Å². The lowest BCUT2D eigenvalue weighted by molar-refractivity contribution is -0.152. The number of aromatic hydroxyl groups is 1. The molecule has 32 heavy (non-hydrogen) atoms. The van der Waals surface area contributed by atoms with Gasteiger partial charge in [0.05, 0.1) is 23.6 Å². The number of benzene rings is 2. The second-order valence-electron chi connectivity index (χ2n) is 8.23. The monoisotopic (exact) mass is 447 g/mol. The third-order valence-electron chi connectivity index (χ3n) is 6.03. The lowest BCUT2D eigenvalue weighted by atomic mass is 9.97. The molecule has 1 fully saturated rings. The highest BCUT2D eigenvalue weighted by atomic mass is 19.4. The van der Waals surface area contributed by atoms with E-state index in [0.29, 0.717) is 5.92 Å². The highest BCUT2D eigenvalue weighted by molar-refractivity contribution is 5.87. The predicted octanol–water partition coefficient (Wildman–Crippen LogP) is 5.42. The standard InChI is InChI=1S/C24H24F3NO4/c1-14-9-11-28(12-10-14)13-17-18(29)8-7-16-21(30)20(15-5-3-4-6-19(15)31-2)23(24(25,26)27)32-22(16)17/h3-8,14,29H,9-13H2,1-2H3. The van der Waals surface area contributed by atoms with Crippen molar-refractivity contribution in [3.05, 3.63) is 57.9 Å². The normalized spacial score (nSPS) is 15.9. The molecule has 0 spiro atoms. The van der Waals surface area contributed by atoms with E-state index in [9.17, 15) is 23.1 Å². The zero-order valence-electron chi connectivity index (χ0n) is 17.8. The van der Waals surface area contributed by atoms with Gasteiger partial charge in [-0.1, -0.05) is 25.1 Å². The second-order valence-corrected chi connectivity index (χ2v) is 8.23. The Balaban J connectivity index is 1.95. The number of alkyl halides is 3. The second kappa shape index (κ2) is 8.50. The Morgan fingerprint density at radius 3 is 2.50 bits per heavy atom. The first kappa shape index (κ1) is 22.2. The molecule has 1 N–H and O–H groups in total. The maximum Gasteiger partial charge on any atom is 0.450 e. The third kappa shape index (κ3) is 4.07. The molecular formula is C24H24F3NO4. The summed E-state index contributed by atoms with van der Waals surface area (Å²) in [6.45, 7) is 3.87. The van der Waals surface area contributed by atoms with Crippen molar-refractivity contribution in [2.45, 2.75) is 32.5 Å². The van der Waals surface area contributed by atoms with E-state index in [2.05, 4.69) is 11.8 Å². The summed E-state index contributed by atoms with van der Waals surface area (Å²) in [7, 11) is 1.32. The van der Waals surface area contributed by atoms with Gasteiger partial charge in [0.25, 0.3) is 0 Å².